The molecule has 0 amide bonds. The van der Waals surface area contributed by atoms with E-state index in [1.54, 1.807) is 20.8 Å². The van der Waals surface area contributed by atoms with Crippen molar-refractivity contribution in [3.05, 3.63) is 0 Å². The minimum Gasteiger partial charge on any atom is -0.466 e. The van der Waals surface area contributed by atoms with Crippen LogP contribution >= 0.6 is 0 Å². The minimum absolute atomic E-state index is 0.110. The molecule has 88 valence electrons. The predicted molar refractivity (Wildman–Crippen MR) is 56.3 cm³/mol. The van der Waals surface area contributed by atoms with Crippen LogP contribution in [0.3, 0.4) is 0 Å². The molecule has 4 nitrogen and oxygen atoms in total. The highest BCUT2D eigenvalue weighted by Gasteiger charge is 2.33. The third-order valence-electron chi connectivity index (χ3n) is 2.64. The van der Waals surface area contributed by atoms with Crippen molar-refractivity contribution in [2.75, 3.05) is 13.2 Å². The molecule has 15 heavy (non-hydrogen) atoms. The van der Waals surface area contributed by atoms with Gasteiger partial charge in [0, 0.05) is 5.41 Å². The van der Waals surface area contributed by atoms with E-state index in [-0.39, 0.29) is 24.3 Å². The number of Topliss-reactive ketones (excluding diaryl/α,β-unsaturated/α-hetero) is 1. The minimum atomic E-state index is -0.841. The van der Waals surface area contributed by atoms with E-state index < -0.39 is 5.41 Å². The van der Waals surface area contributed by atoms with Gasteiger partial charge in [-0.15, -0.1) is 0 Å². The Morgan fingerprint density at radius 2 is 2.00 bits per heavy atom. The van der Waals surface area contributed by atoms with Crippen molar-refractivity contribution in [2.45, 2.75) is 34.1 Å². The topological polar surface area (TPSA) is 63.6 Å². The fraction of sp³-hybridized carbons (Fsp3) is 0.818. The second kappa shape index (κ2) is 5.85. The van der Waals surface area contributed by atoms with Crippen LogP contribution in [0, 0.1) is 11.3 Å². The molecule has 0 aromatic rings. The Labute approximate surface area is 90.6 Å². The van der Waals surface area contributed by atoms with Gasteiger partial charge in [-0.05, 0) is 20.3 Å². The van der Waals surface area contributed by atoms with Crippen molar-refractivity contribution in [1.29, 1.82) is 0 Å². The third-order valence-corrected chi connectivity index (χ3v) is 2.64. The molecular formula is C11H20O4. The van der Waals surface area contributed by atoms with E-state index >= 15 is 0 Å². The molecular weight excluding hydrogens is 196 g/mol. The fourth-order valence-electron chi connectivity index (χ4n) is 1.36. The number of hydrogen-bond donors (Lipinski definition) is 1. The first-order valence-corrected chi connectivity index (χ1v) is 5.16. The van der Waals surface area contributed by atoms with Gasteiger partial charge < -0.3 is 9.84 Å². The monoisotopic (exact) mass is 216 g/mol. The van der Waals surface area contributed by atoms with Gasteiger partial charge in [0.2, 0.25) is 0 Å². The largest absolute Gasteiger partial charge is 0.466 e. The first kappa shape index (κ1) is 14.1. The van der Waals surface area contributed by atoms with Gasteiger partial charge in [-0.2, -0.15) is 0 Å². The standard InChI is InChI=1S/C11H20O4/c1-5-15-10(14)8(2)6-11(4,7-12)9(3)13/h8,12H,5-7H2,1-4H3. The lowest BCUT2D eigenvalue weighted by atomic mass is 9.79. The molecule has 0 aromatic heterocycles. The maximum Gasteiger partial charge on any atom is 0.308 e. The molecule has 0 bridgehead atoms. The zero-order valence-electron chi connectivity index (χ0n) is 9.87. The Morgan fingerprint density at radius 3 is 2.33 bits per heavy atom. The zero-order valence-corrected chi connectivity index (χ0v) is 9.87. The Bertz CT molecular complexity index is 237. The number of hydrogen-bond acceptors (Lipinski definition) is 4. The van der Waals surface area contributed by atoms with E-state index in [1.165, 1.54) is 6.92 Å². The molecule has 0 fully saturated rings. The highest BCUT2D eigenvalue weighted by Crippen LogP contribution is 2.27. The number of ketones is 1. The maximum absolute atomic E-state index is 11.3. The molecule has 0 saturated carbocycles. The number of rotatable bonds is 6. The number of esters is 1. The summed E-state index contributed by atoms with van der Waals surface area (Å²) in [5.74, 6) is -0.800. The fourth-order valence-corrected chi connectivity index (χ4v) is 1.36. The first-order chi connectivity index (χ1) is 6.87. The van der Waals surface area contributed by atoms with Crippen molar-refractivity contribution in [3.63, 3.8) is 0 Å². The van der Waals surface area contributed by atoms with E-state index in [1.807, 2.05) is 0 Å². The van der Waals surface area contributed by atoms with Crippen LogP contribution < -0.4 is 0 Å². The SMILES string of the molecule is CCOC(=O)C(C)CC(C)(CO)C(C)=O. The molecule has 0 saturated heterocycles. The van der Waals surface area contributed by atoms with E-state index in [0.29, 0.717) is 13.0 Å². The van der Waals surface area contributed by atoms with Crippen molar-refractivity contribution in [2.24, 2.45) is 11.3 Å². The molecule has 0 aliphatic heterocycles. The average molecular weight is 216 g/mol. The van der Waals surface area contributed by atoms with Crippen LogP contribution in [-0.4, -0.2) is 30.1 Å². The number of aliphatic hydroxyl groups excluding tert-OH is 1. The van der Waals surface area contributed by atoms with Crippen LogP contribution in [0.25, 0.3) is 0 Å². The molecule has 0 spiro atoms. The Hall–Kier alpha value is -0.900. The van der Waals surface area contributed by atoms with Gasteiger partial charge in [-0.1, -0.05) is 13.8 Å². The van der Waals surface area contributed by atoms with Crippen molar-refractivity contribution in [1.82, 2.24) is 0 Å². The second-order valence-corrected chi connectivity index (χ2v) is 4.13. The van der Waals surface area contributed by atoms with Crippen molar-refractivity contribution >= 4 is 11.8 Å². The van der Waals surface area contributed by atoms with E-state index in [2.05, 4.69) is 0 Å². The number of ether oxygens (including phenoxy) is 1. The molecule has 4 heteroatoms. The summed E-state index contributed by atoms with van der Waals surface area (Å²) in [6, 6.07) is 0. The van der Waals surface area contributed by atoms with Gasteiger partial charge in [0.05, 0.1) is 19.1 Å². The quantitative estimate of drug-likeness (QED) is 0.677. The molecule has 1 N–H and O–H groups in total. The predicted octanol–water partition coefficient (Wildman–Crippen LogP) is 1.16. The van der Waals surface area contributed by atoms with Crippen LogP contribution in [0.15, 0.2) is 0 Å². The number of carbonyl (C=O) groups is 2. The highest BCUT2D eigenvalue weighted by molar-refractivity contribution is 5.83. The van der Waals surface area contributed by atoms with Gasteiger partial charge >= 0.3 is 5.97 Å². The van der Waals surface area contributed by atoms with Crippen LogP contribution in [0.1, 0.15) is 34.1 Å². The Balaban J connectivity index is 4.42. The van der Waals surface area contributed by atoms with Crippen LogP contribution in [0.5, 0.6) is 0 Å². The maximum atomic E-state index is 11.3. The molecule has 0 aliphatic carbocycles. The Kier molecular flexibility index (Phi) is 5.50. The summed E-state index contributed by atoms with van der Waals surface area (Å²) in [7, 11) is 0. The lowest BCUT2D eigenvalue weighted by molar-refractivity contribution is -0.149. The molecule has 2 atom stereocenters. The summed E-state index contributed by atoms with van der Waals surface area (Å²) in [5, 5.41) is 9.14. The molecule has 0 radical (unpaired) electrons. The summed E-state index contributed by atoms with van der Waals surface area (Å²) < 4.78 is 4.84. The van der Waals surface area contributed by atoms with E-state index in [0.717, 1.165) is 0 Å². The summed E-state index contributed by atoms with van der Waals surface area (Å²) in [6.45, 7) is 6.61. The van der Waals surface area contributed by atoms with Crippen molar-refractivity contribution < 1.29 is 19.4 Å². The van der Waals surface area contributed by atoms with Crippen LogP contribution in [0.4, 0.5) is 0 Å². The summed E-state index contributed by atoms with van der Waals surface area (Å²) in [4.78, 5) is 22.6. The number of carbonyl (C=O) groups excluding carboxylic acids is 2. The highest BCUT2D eigenvalue weighted by atomic mass is 16.5. The number of aliphatic hydroxyl groups is 1. The van der Waals surface area contributed by atoms with Gasteiger partial charge in [-0.3, -0.25) is 9.59 Å². The smallest absolute Gasteiger partial charge is 0.308 e. The molecule has 0 aliphatic rings. The molecule has 0 aromatic carbocycles. The van der Waals surface area contributed by atoms with Gasteiger partial charge in [-0.25, -0.2) is 0 Å². The normalized spacial score (nSPS) is 16.6. The van der Waals surface area contributed by atoms with Gasteiger partial charge in [0.1, 0.15) is 5.78 Å². The lowest BCUT2D eigenvalue weighted by Crippen LogP contribution is -2.34. The summed E-state index contributed by atoms with van der Waals surface area (Å²) >= 11 is 0. The molecule has 0 rings (SSSR count). The molecule has 2 unspecified atom stereocenters. The van der Waals surface area contributed by atoms with Crippen LogP contribution in [0.2, 0.25) is 0 Å². The lowest BCUT2D eigenvalue weighted by Gasteiger charge is -2.26. The van der Waals surface area contributed by atoms with Crippen molar-refractivity contribution in [3.8, 4) is 0 Å². The van der Waals surface area contributed by atoms with Gasteiger partial charge in [0.25, 0.3) is 0 Å². The van der Waals surface area contributed by atoms with Gasteiger partial charge in [0.15, 0.2) is 0 Å². The van der Waals surface area contributed by atoms with E-state index in [4.69, 9.17) is 9.84 Å². The zero-order chi connectivity index (χ0) is 12.1. The third kappa shape index (κ3) is 4.00. The summed E-state index contributed by atoms with van der Waals surface area (Å²) in [6.07, 6.45) is 0.317. The van der Waals surface area contributed by atoms with Crippen LogP contribution in [-0.2, 0) is 14.3 Å². The second-order valence-electron chi connectivity index (χ2n) is 4.13. The molecule has 0 heterocycles. The first-order valence-electron chi connectivity index (χ1n) is 5.16. The summed E-state index contributed by atoms with van der Waals surface area (Å²) in [5.41, 5.74) is -0.841. The van der Waals surface area contributed by atoms with E-state index in [9.17, 15) is 9.59 Å². The Morgan fingerprint density at radius 1 is 1.47 bits per heavy atom. The average Bonchev–Trinajstić information content (AvgIpc) is 2.17.